The first-order chi connectivity index (χ1) is 8.56. The smallest absolute Gasteiger partial charge is 0.141 e. The Morgan fingerprint density at radius 2 is 2.00 bits per heavy atom. The first kappa shape index (κ1) is 13.8. The van der Waals surface area contributed by atoms with Crippen molar-refractivity contribution in [3.05, 3.63) is 34.6 Å². The Kier molecular flexibility index (Phi) is 4.60. The third kappa shape index (κ3) is 3.44. The minimum absolute atomic E-state index is 0.183. The zero-order chi connectivity index (χ0) is 13.1. The fourth-order valence-corrected chi connectivity index (χ4v) is 2.71. The molecule has 1 aromatic carbocycles. The van der Waals surface area contributed by atoms with Gasteiger partial charge in [-0.05, 0) is 50.3 Å². The highest BCUT2D eigenvalue weighted by Gasteiger charge is 2.20. The molecule has 1 unspecified atom stereocenters. The van der Waals surface area contributed by atoms with Gasteiger partial charge in [-0.15, -0.1) is 0 Å². The number of nitrogens with two attached hydrogens (primary N) is 1. The highest BCUT2D eigenvalue weighted by Crippen LogP contribution is 2.24. The molecule has 1 aromatic rings. The van der Waals surface area contributed by atoms with E-state index in [1.54, 1.807) is 12.1 Å². The monoisotopic (exact) mass is 270 g/mol. The van der Waals surface area contributed by atoms with Crippen LogP contribution in [-0.2, 0) is 0 Å². The van der Waals surface area contributed by atoms with Gasteiger partial charge in [-0.1, -0.05) is 17.7 Å². The summed E-state index contributed by atoms with van der Waals surface area (Å²) in [5, 5.41) is 3.75. The van der Waals surface area contributed by atoms with Crippen molar-refractivity contribution < 1.29 is 4.39 Å². The molecule has 0 heterocycles. The summed E-state index contributed by atoms with van der Waals surface area (Å²) >= 11 is 5.80. The van der Waals surface area contributed by atoms with E-state index in [1.807, 2.05) is 0 Å². The van der Waals surface area contributed by atoms with Crippen LogP contribution in [0.1, 0.15) is 44.2 Å². The van der Waals surface area contributed by atoms with Gasteiger partial charge in [0.05, 0.1) is 5.02 Å². The van der Waals surface area contributed by atoms with Gasteiger partial charge in [0.25, 0.3) is 0 Å². The van der Waals surface area contributed by atoms with Crippen LogP contribution in [0.15, 0.2) is 18.2 Å². The molecular formula is C14H20ClFN2. The zero-order valence-electron chi connectivity index (χ0n) is 10.6. The minimum atomic E-state index is -0.365. The van der Waals surface area contributed by atoms with E-state index in [4.69, 9.17) is 17.3 Å². The molecule has 1 atom stereocenters. The Morgan fingerprint density at radius 1 is 1.33 bits per heavy atom. The van der Waals surface area contributed by atoms with Crippen molar-refractivity contribution in [3.63, 3.8) is 0 Å². The summed E-state index contributed by atoms with van der Waals surface area (Å²) in [7, 11) is 0. The molecule has 2 rings (SSSR count). The van der Waals surface area contributed by atoms with E-state index in [-0.39, 0.29) is 16.9 Å². The summed E-state index contributed by atoms with van der Waals surface area (Å²) in [5.74, 6) is -0.365. The largest absolute Gasteiger partial charge is 0.328 e. The van der Waals surface area contributed by atoms with Crippen LogP contribution >= 0.6 is 11.6 Å². The molecule has 0 amide bonds. The maximum atomic E-state index is 13.1. The molecule has 1 fully saturated rings. The average Bonchev–Trinajstić information content (AvgIpc) is 2.35. The Labute approximate surface area is 113 Å². The SMILES string of the molecule is CC(NC1CCC(N)CC1)c1ccc(F)c(Cl)c1. The lowest BCUT2D eigenvalue weighted by Crippen LogP contribution is -2.38. The molecule has 1 aliphatic rings. The average molecular weight is 271 g/mol. The Hall–Kier alpha value is -0.640. The fourth-order valence-electron chi connectivity index (χ4n) is 2.52. The lowest BCUT2D eigenvalue weighted by molar-refractivity contribution is 0.322. The van der Waals surface area contributed by atoms with Gasteiger partial charge < -0.3 is 11.1 Å². The van der Waals surface area contributed by atoms with Crippen LogP contribution in [0, 0.1) is 5.82 Å². The molecule has 100 valence electrons. The molecule has 2 nitrogen and oxygen atoms in total. The Balaban J connectivity index is 1.94. The van der Waals surface area contributed by atoms with Crippen molar-refractivity contribution in [1.29, 1.82) is 0 Å². The Bertz CT molecular complexity index is 403. The van der Waals surface area contributed by atoms with Crippen LogP contribution in [0.25, 0.3) is 0 Å². The molecule has 3 N–H and O–H groups in total. The summed E-state index contributed by atoms with van der Waals surface area (Å²) in [6.45, 7) is 2.08. The van der Waals surface area contributed by atoms with Crippen LogP contribution in [0.4, 0.5) is 4.39 Å². The maximum Gasteiger partial charge on any atom is 0.141 e. The number of hydrogen-bond acceptors (Lipinski definition) is 2. The van der Waals surface area contributed by atoms with Crippen LogP contribution < -0.4 is 11.1 Å². The molecule has 0 saturated heterocycles. The summed E-state index contributed by atoms with van der Waals surface area (Å²) in [4.78, 5) is 0. The highest BCUT2D eigenvalue weighted by molar-refractivity contribution is 6.30. The predicted octanol–water partition coefficient (Wildman–Crippen LogP) is 3.40. The van der Waals surface area contributed by atoms with Gasteiger partial charge in [-0.3, -0.25) is 0 Å². The molecule has 4 heteroatoms. The molecule has 1 aliphatic carbocycles. The molecule has 1 saturated carbocycles. The van der Waals surface area contributed by atoms with Crippen molar-refractivity contribution in [1.82, 2.24) is 5.32 Å². The van der Waals surface area contributed by atoms with E-state index in [0.29, 0.717) is 12.1 Å². The topological polar surface area (TPSA) is 38.0 Å². The zero-order valence-corrected chi connectivity index (χ0v) is 11.4. The molecule has 0 aromatic heterocycles. The van der Waals surface area contributed by atoms with Crippen molar-refractivity contribution >= 4 is 11.6 Å². The molecule has 18 heavy (non-hydrogen) atoms. The maximum absolute atomic E-state index is 13.1. The van der Waals surface area contributed by atoms with Crippen molar-refractivity contribution in [3.8, 4) is 0 Å². The van der Waals surface area contributed by atoms with Crippen LogP contribution in [-0.4, -0.2) is 12.1 Å². The molecular weight excluding hydrogens is 251 g/mol. The van der Waals surface area contributed by atoms with E-state index in [1.165, 1.54) is 6.07 Å². The van der Waals surface area contributed by atoms with Crippen LogP contribution in [0.3, 0.4) is 0 Å². The van der Waals surface area contributed by atoms with Gasteiger partial charge in [-0.2, -0.15) is 0 Å². The lowest BCUT2D eigenvalue weighted by Gasteiger charge is -2.29. The van der Waals surface area contributed by atoms with Crippen molar-refractivity contribution in [2.45, 2.75) is 50.7 Å². The quantitative estimate of drug-likeness (QED) is 0.883. The minimum Gasteiger partial charge on any atom is -0.328 e. The highest BCUT2D eigenvalue weighted by atomic mass is 35.5. The number of hydrogen-bond donors (Lipinski definition) is 2. The van der Waals surface area contributed by atoms with Crippen molar-refractivity contribution in [2.24, 2.45) is 5.73 Å². The molecule has 0 aliphatic heterocycles. The van der Waals surface area contributed by atoms with Gasteiger partial charge in [0.2, 0.25) is 0 Å². The first-order valence-electron chi connectivity index (χ1n) is 6.53. The van der Waals surface area contributed by atoms with E-state index in [9.17, 15) is 4.39 Å². The summed E-state index contributed by atoms with van der Waals surface area (Å²) in [6, 6.07) is 5.95. The molecule has 0 bridgehead atoms. The van der Waals surface area contributed by atoms with Crippen molar-refractivity contribution in [2.75, 3.05) is 0 Å². The fraction of sp³-hybridized carbons (Fsp3) is 0.571. The van der Waals surface area contributed by atoms with E-state index in [2.05, 4.69) is 12.2 Å². The summed E-state index contributed by atoms with van der Waals surface area (Å²) < 4.78 is 13.1. The second-order valence-electron chi connectivity index (χ2n) is 5.17. The number of nitrogens with one attached hydrogen (secondary N) is 1. The van der Waals surface area contributed by atoms with Gasteiger partial charge in [-0.25, -0.2) is 4.39 Å². The van der Waals surface area contributed by atoms with Crippen LogP contribution in [0.5, 0.6) is 0 Å². The van der Waals surface area contributed by atoms with E-state index < -0.39 is 0 Å². The second kappa shape index (κ2) is 6.00. The third-order valence-corrected chi connectivity index (χ3v) is 3.99. The number of halogens is 2. The normalized spacial score (nSPS) is 26.0. The summed E-state index contributed by atoms with van der Waals surface area (Å²) in [5.41, 5.74) is 6.91. The number of benzene rings is 1. The van der Waals surface area contributed by atoms with Gasteiger partial charge in [0.1, 0.15) is 5.82 Å². The summed E-state index contributed by atoms with van der Waals surface area (Å²) in [6.07, 6.45) is 4.38. The second-order valence-corrected chi connectivity index (χ2v) is 5.58. The van der Waals surface area contributed by atoms with Gasteiger partial charge >= 0.3 is 0 Å². The standard InChI is InChI=1S/C14H20ClFN2/c1-9(10-2-7-14(16)13(15)8-10)18-12-5-3-11(17)4-6-12/h2,7-9,11-12,18H,3-6,17H2,1H3. The van der Waals surface area contributed by atoms with E-state index >= 15 is 0 Å². The molecule has 0 spiro atoms. The van der Waals surface area contributed by atoms with Gasteiger partial charge in [0, 0.05) is 18.1 Å². The lowest BCUT2D eigenvalue weighted by atomic mass is 9.91. The van der Waals surface area contributed by atoms with E-state index in [0.717, 1.165) is 31.2 Å². The van der Waals surface area contributed by atoms with Gasteiger partial charge in [0.15, 0.2) is 0 Å². The first-order valence-corrected chi connectivity index (χ1v) is 6.90. The molecule has 0 radical (unpaired) electrons. The Morgan fingerprint density at radius 3 is 2.61 bits per heavy atom. The number of rotatable bonds is 3. The van der Waals surface area contributed by atoms with Crippen LogP contribution in [0.2, 0.25) is 5.02 Å². The third-order valence-electron chi connectivity index (χ3n) is 3.70. The predicted molar refractivity (Wildman–Crippen MR) is 73.2 cm³/mol.